The molecule has 0 atom stereocenters. The standard InChI is InChI=1S/C3H8NO2.Rf/c4-3(1-5)2-6;/h5-6H,1-2,4H2;/q-1;. The molecule has 0 aromatic rings. The Morgan fingerprint density at radius 2 is 1.57 bits per heavy atom. The third kappa shape index (κ3) is 4.88. The Morgan fingerprint density at radius 1 is 1.29 bits per heavy atom. The van der Waals surface area contributed by atoms with Crippen LogP contribution in [0.1, 0.15) is 0 Å². The van der Waals surface area contributed by atoms with Crippen LogP contribution in [-0.4, -0.2) is 23.4 Å². The smallest absolute Gasteiger partial charge is 0 e. The van der Waals surface area contributed by atoms with Crippen molar-refractivity contribution < 1.29 is 10.2 Å². The number of nitrogens with two attached hydrogens (primary N) is 1. The van der Waals surface area contributed by atoms with Crippen LogP contribution in [0.25, 0.3) is 0 Å². The van der Waals surface area contributed by atoms with Crippen molar-refractivity contribution in [1.82, 2.24) is 0 Å². The summed E-state index contributed by atoms with van der Waals surface area (Å²) in [5.41, 5.74) is 4.89. The van der Waals surface area contributed by atoms with Crippen LogP contribution < -0.4 is 5.73 Å². The number of aliphatic hydroxyl groups excluding tert-OH is 2. The number of hydrogen-bond acceptors (Lipinski definition) is 3. The number of rotatable bonds is 2. The van der Waals surface area contributed by atoms with E-state index < -0.39 is 0 Å². The summed E-state index contributed by atoms with van der Waals surface area (Å²) < 4.78 is 0. The molecule has 0 radical (unpaired) electrons. The predicted octanol–water partition coefficient (Wildman–Crippen LogP) is -1.54. The van der Waals surface area contributed by atoms with Gasteiger partial charge in [-0.1, -0.05) is 13.2 Å². The van der Waals surface area contributed by atoms with Crippen molar-refractivity contribution in [2.24, 2.45) is 5.73 Å². The second-order valence-electron chi connectivity index (χ2n) is 0.974. The molecule has 3 nitrogen and oxygen atoms in total. The monoisotopic (exact) mass is 357 g/mol. The molecular formula is C3H8NO2Rf-. The minimum atomic E-state index is -0.226. The fraction of sp³-hybridized carbons (Fsp3) is 0.667. The Labute approximate surface area is 36.4 Å². The van der Waals surface area contributed by atoms with Gasteiger partial charge in [0.05, 0.1) is 0 Å². The van der Waals surface area contributed by atoms with Crippen LogP contribution >= 0.6 is 0 Å². The topological polar surface area (TPSA) is 66.5 Å². The van der Waals surface area contributed by atoms with Gasteiger partial charge in [-0.15, -0.1) is 0 Å². The third-order valence-corrected chi connectivity index (χ3v) is 0.406. The molecule has 0 spiro atoms. The van der Waals surface area contributed by atoms with Crippen LogP contribution in [0, 0.1) is 6.04 Å². The Bertz CT molecular complexity index is 32.1. The Morgan fingerprint density at radius 3 is 1.57 bits per heavy atom. The molecule has 4 N–H and O–H groups in total. The molecule has 0 aliphatic rings. The number of aliphatic hydroxyl groups is 2. The van der Waals surface area contributed by atoms with Crippen LogP contribution in [0.3, 0.4) is 0 Å². The summed E-state index contributed by atoms with van der Waals surface area (Å²) in [7, 11) is 0. The first-order valence-electron chi connectivity index (χ1n) is 1.63. The molecule has 0 aliphatic carbocycles. The predicted molar refractivity (Wildman–Crippen MR) is 21.6 cm³/mol. The number of hydrogen-bond donors (Lipinski definition) is 3. The zero-order valence-corrected chi connectivity index (χ0v) is 10.5. The van der Waals surface area contributed by atoms with Gasteiger partial charge in [-0.3, -0.25) is 0 Å². The van der Waals surface area contributed by atoms with Gasteiger partial charge < -0.3 is 15.9 Å². The molecule has 0 aromatic heterocycles. The van der Waals surface area contributed by atoms with Crippen molar-refractivity contribution in [3.8, 4) is 0 Å². The van der Waals surface area contributed by atoms with Crippen LogP contribution in [0.15, 0.2) is 0 Å². The molecule has 0 amide bonds. The molecule has 0 unspecified atom stereocenters. The van der Waals surface area contributed by atoms with Crippen LogP contribution in [-0.2, 0) is 0 Å². The third-order valence-electron chi connectivity index (χ3n) is 0.406. The normalized spacial score (nSPS) is 8.57. The van der Waals surface area contributed by atoms with Crippen molar-refractivity contribution in [3.63, 3.8) is 0 Å². The first kappa shape index (κ1) is 9.30. The molecule has 0 aromatic carbocycles. The van der Waals surface area contributed by atoms with Crippen molar-refractivity contribution in [3.05, 3.63) is 6.04 Å². The zero-order valence-electron chi connectivity index (χ0n) is 4.09. The molecular weight excluding hydrogens is 349 g/mol. The molecule has 0 rings (SSSR count). The van der Waals surface area contributed by atoms with Gasteiger partial charge in [-0.25, -0.2) is 6.04 Å². The van der Waals surface area contributed by atoms with Crippen LogP contribution in [0.2, 0.25) is 0 Å². The Balaban J connectivity index is 0. The van der Waals surface area contributed by atoms with Gasteiger partial charge in [0.2, 0.25) is 0 Å². The van der Waals surface area contributed by atoms with Crippen LogP contribution in [0.5, 0.6) is 0 Å². The van der Waals surface area contributed by atoms with Gasteiger partial charge in [0.25, 0.3) is 0 Å². The van der Waals surface area contributed by atoms with E-state index in [2.05, 4.69) is 0 Å². The Kier molecular flexibility index (Phi) is 6.48. The maximum absolute atomic E-state index is 8.01. The molecule has 0 aliphatic heterocycles. The molecule has 40 valence electrons. The molecule has 0 bridgehead atoms. The van der Waals surface area contributed by atoms with E-state index in [0.717, 1.165) is 0 Å². The fourth-order valence-electron chi connectivity index (χ4n) is 0.0500. The van der Waals surface area contributed by atoms with E-state index >= 15 is 0 Å². The van der Waals surface area contributed by atoms with E-state index in [9.17, 15) is 0 Å². The maximum Gasteiger partial charge on any atom is 0 e. The molecule has 4 heteroatoms. The van der Waals surface area contributed by atoms with Gasteiger partial charge >= 0.3 is 0 Å². The van der Waals surface area contributed by atoms with Gasteiger partial charge in [-0.2, -0.15) is 0 Å². The van der Waals surface area contributed by atoms with Crippen molar-refractivity contribution >= 4 is 0 Å². The van der Waals surface area contributed by atoms with Gasteiger partial charge in [0, 0.05) is 0 Å². The average molecular weight is 357 g/mol. The minimum Gasteiger partial charge on any atom is -0.476 e. The first-order chi connectivity index (χ1) is 2.81. The summed E-state index contributed by atoms with van der Waals surface area (Å²) in [6, 6.07) is 0.204. The molecule has 0 saturated carbocycles. The second-order valence-corrected chi connectivity index (χ2v) is 0.974. The van der Waals surface area contributed by atoms with E-state index in [1.54, 1.807) is 0 Å². The van der Waals surface area contributed by atoms with E-state index in [1.807, 2.05) is 0 Å². The van der Waals surface area contributed by atoms with Crippen molar-refractivity contribution in [2.75, 3.05) is 13.2 Å². The van der Waals surface area contributed by atoms with Crippen LogP contribution in [0.4, 0.5) is 0 Å². The second kappa shape index (κ2) is 4.88. The molecule has 0 heterocycles. The molecule has 0 saturated heterocycles. The SMILES string of the molecule is N[C-](CO)CO.[Rf]. The zero-order chi connectivity index (χ0) is 4.99. The Hall–Kier alpha value is -1.12. The van der Waals surface area contributed by atoms with Gasteiger partial charge in [-0.05, 0) is 0 Å². The van der Waals surface area contributed by atoms with Gasteiger partial charge in [0.1, 0.15) is 0 Å². The molecule has 7 heavy (non-hydrogen) atoms. The van der Waals surface area contributed by atoms with E-state index in [4.69, 9.17) is 15.9 Å². The summed E-state index contributed by atoms with van der Waals surface area (Å²) in [5, 5.41) is 16.0. The van der Waals surface area contributed by atoms with Gasteiger partial charge in [0.15, 0.2) is 0 Å². The quantitative estimate of drug-likeness (QED) is 0.525. The summed E-state index contributed by atoms with van der Waals surface area (Å²) in [6.07, 6.45) is 0. The summed E-state index contributed by atoms with van der Waals surface area (Å²) in [4.78, 5) is 0. The van der Waals surface area contributed by atoms with E-state index in [-0.39, 0.29) is 19.3 Å². The van der Waals surface area contributed by atoms with E-state index in [0.29, 0.717) is 0 Å². The average Bonchev–Trinajstić information content (AvgIpc) is 1.65. The van der Waals surface area contributed by atoms with Crippen molar-refractivity contribution in [1.29, 1.82) is 0 Å². The summed E-state index contributed by atoms with van der Waals surface area (Å²) in [5.74, 6) is 0. The summed E-state index contributed by atoms with van der Waals surface area (Å²) in [6.45, 7) is -0.451. The van der Waals surface area contributed by atoms with E-state index in [1.165, 1.54) is 0 Å². The largest absolute Gasteiger partial charge is 0.476 e. The maximum atomic E-state index is 8.01. The fourth-order valence-corrected chi connectivity index (χ4v) is 0.0500. The minimum absolute atomic E-state index is 0. The summed E-state index contributed by atoms with van der Waals surface area (Å²) >= 11 is 0. The van der Waals surface area contributed by atoms with Crippen molar-refractivity contribution in [2.45, 2.75) is 0 Å². The molecule has 0 fully saturated rings. The first-order valence-corrected chi connectivity index (χ1v) is 1.63.